The topological polar surface area (TPSA) is 17.1 Å². The fraction of sp³-hybridized carbons (Fsp3) is 0.267. The molecule has 0 amide bonds. The second-order valence-corrected chi connectivity index (χ2v) is 6.19. The zero-order valence-electron chi connectivity index (χ0n) is 10.4. The van der Waals surface area contributed by atoms with Crippen LogP contribution in [-0.4, -0.2) is 5.12 Å². The van der Waals surface area contributed by atoms with Crippen molar-refractivity contribution in [2.75, 3.05) is 0 Å². The Balaban J connectivity index is 2.29. The summed E-state index contributed by atoms with van der Waals surface area (Å²) in [4.78, 5) is 13.0. The standard InChI is InChI=1S/C15H16OS/c1-15(2,3)14(16)17-13-9-8-11-6-4-5-7-12(11)10-13/h4-10H,1-3H3. The summed E-state index contributed by atoms with van der Waals surface area (Å²) in [6.45, 7) is 5.84. The van der Waals surface area contributed by atoms with Gasteiger partial charge < -0.3 is 0 Å². The van der Waals surface area contributed by atoms with Gasteiger partial charge in [0.1, 0.15) is 0 Å². The minimum absolute atomic E-state index is 0.202. The summed E-state index contributed by atoms with van der Waals surface area (Å²) in [5.41, 5.74) is -0.295. The van der Waals surface area contributed by atoms with Crippen molar-refractivity contribution in [3.8, 4) is 0 Å². The number of carbonyl (C=O) groups excluding carboxylic acids is 1. The molecule has 88 valence electrons. The number of hydrogen-bond acceptors (Lipinski definition) is 2. The van der Waals surface area contributed by atoms with Crippen LogP contribution < -0.4 is 0 Å². The number of rotatable bonds is 1. The number of fused-ring (bicyclic) bond motifs is 1. The summed E-state index contributed by atoms with van der Waals surface area (Å²) >= 11 is 1.33. The molecular weight excluding hydrogens is 228 g/mol. The molecule has 2 aromatic rings. The monoisotopic (exact) mass is 244 g/mol. The van der Waals surface area contributed by atoms with Crippen molar-refractivity contribution in [2.24, 2.45) is 5.41 Å². The zero-order chi connectivity index (χ0) is 12.5. The van der Waals surface area contributed by atoms with E-state index >= 15 is 0 Å². The van der Waals surface area contributed by atoms with Gasteiger partial charge in [-0.2, -0.15) is 0 Å². The second kappa shape index (κ2) is 4.53. The summed E-state index contributed by atoms with van der Waals surface area (Å²) < 4.78 is 0. The molecule has 0 saturated heterocycles. The Morgan fingerprint density at radius 2 is 1.65 bits per heavy atom. The summed E-state index contributed by atoms with van der Waals surface area (Å²) in [5.74, 6) is 0. The largest absolute Gasteiger partial charge is 0.286 e. The first kappa shape index (κ1) is 12.2. The van der Waals surface area contributed by atoms with E-state index in [1.54, 1.807) is 0 Å². The van der Waals surface area contributed by atoms with Crippen LogP contribution in [0.4, 0.5) is 0 Å². The quantitative estimate of drug-likeness (QED) is 0.687. The van der Waals surface area contributed by atoms with Crippen LogP contribution >= 0.6 is 11.8 Å². The van der Waals surface area contributed by atoms with E-state index in [9.17, 15) is 4.79 Å². The van der Waals surface area contributed by atoms with Gasteiger partial charge in [-0.25, -0.2) is 0 Å². The van der Waals surface area contributed by atoms with E-state index in [1.165, 1.54) is 22.5 Å². The summed E-state index contributed by atoms with van der Waals surface area (Å²) in [7, 11) is 0. The zero-order valence-corrected chi connectivity index (χ0v) is 11.2. The van der Waals surface area contributed by atoms with Crippen molar-refractivity contribution >= 4 is 27.6 Å². The van der Waals surface area contributed by atoms with Crippen LogP contribution in [0.2, 0.25) is 0 Å². The number of carbonyl (C=O) groups is 1. The second-order valence-electron chi connectivity index (χ2n) is 5.15. The average molecular weight is 244 g/mol. The van der Waals surface area contributed by atoms with Crippen molar-refractivity contribution in [2.45, 2.75) is 25.7 Å². The maximum atomic E-state index is 11.9. The number of hydrogen-bond donors (Lipinski definition) is 0. The molecule has 0 bridgehead atoms. The van der Waals surface area contributed by atoms with Gasteiger partial charge in [0.15, 0.2) is 5.12 Å². The van der Waals surface area contributed by atoms with Crippen molar-refractivity contribution in [1.82, 2.24) is 0 Å². The lowest BCUT2D eigenvalue weighted by Gasteiger charge is -2.15. The van der Waals surface area contributed by atoms with Crippen molar-refractivity contribution < 1.29 is 4.79 Å². The van der Waals surface area contributed by atoms with Crippen LogP contribution in [0.25, 0.3) is 10.8 Å². The van der Waals surface area contributed by atoms with Gasteiger partial charge in [0, 0.05) is 10.3 Å². The first-order chi connectivity index (χ1) is 7.97. The Labute approximate surface area is 106 Å². The smallest absolute Gasteiger partial charge is 0.198 e. The van der Waals surface area contributed by atoms with E-state index < -0.39 is 0 Å². The third-order valence-corrected chi connectivity index (χ3v) is 3.83. The van der Waals surface area contributed by atoms with Crippen LogP contribution in [0.1, 0.15) is 20.8 Å². The van der Waals surface area contributed by atoms with Gasteiger partial charge in [0.25, 0.3) is 0 Å². The Bertz CT molecular complexity index is 552. The molecule has 2 heteroatoms. The molecular formula is C15H16OS. The van der Waals surface area contributed by atoms with E-state index in [0.29, 0.717) is 0 Å². The summed E-state index contributed by atoms with van der Waals surface area (Å²) in [5, 5.41) is 2.59. The maximum absolute atomic E-state index is 11.9. The fourth-order valence-corrected chi connectivity index (χ4v) is 2.33. The molecule has 2 rings (SSSR count). The molecule has 0 unspecified atom stereocenters. The van der Waals surface area contributed by atoms with Crippen LogP contribution in [0.5, 0.6) is 0 Å². The SMILES string of the molecule is CC(C)(C)C(=O)Sc1ccc2ccccc2c1. The van der Waals surface area contributed by atoms with Crippen LogP contribution in [-0.2, 0) is 4.79 Å². The van der Waals surface area contributed by atoms with Gasteiger partial charge in [0.05, 0.1) is 0 Å². The Morgan fingerprint density at radius 1 is 1.00 bits per heavy atom. The fourth-order valence-electron chi connectivity index (χ4n) is 1.49. The highest BCUT2D eigenvalue weighted by Crippen LogP contribution is 2.30. The van der Waals surface area contributed by atoms with Gasteiger partial charge in [0.2, 0.25) is 0 Å². The highest BCUT2D eigenvalue weighted by Gasteiger charge is 2.22. The molecule has 1 nitrogen and oxygen atoms in total. The van der Waals surface area contributed by atoms with Crippen LogP contribution in [0.15, 0.2) is 47.4 Å². The Morgan fingerprint density at radius 3 is 2.29 bits per heavy atom. The van der Waals surface area contributed by atoms with Crippen molar-refractivity contribution in [3.63, 3.8) is 0 Å². The third kappa shape index (κ3) is 2.89. The minimum atomic E-state index is -0.295. The molecule has 0 atom stereocenters. The molecule has 0 heterocycles. The first-order valence-electron chi connectivity index (χ1n) is 5.68. The minimum Gasteiger partial charge on any atom is -0.286 e. The first-order valence-corrected chi connectivity index (χ1v) is 6.49. The summed E-state index contributed by atoms with van der Waals surface area (Å²) in [6, 6.07) is 14.3. The molecule has 0 radical (unpaired) electrons. The predicted molar refractivity (Wildman–Crippen MR) is 74.3 cm³/mol. The van der Waals surface area contributed by atoms with E-state index in [0.717, 1.165) is 4.90 Å². The Hall–Kier alpha value is -1.28. The van der Waals surface area contributed by atoms with E-state index in [-0.39, 0.29) is 10.5 Å². The number of benzene rings is 2. The van der Waals surface area contributed by atoms with Crippen LogP contribution in [0.3, 0.4) is 0 Å². The molecule has 0 aromatic heterocycles. The molecule has 2 aromatic carbocycles. The molecule has 0 aliphatic heterocycles. The molecule has 0 spiro atoms. The molecule has 17 heavy (non-hydrogen) atoms. The van der Waals surface area contributed by atoms with Gasteiger partial charge in [-0.3, -0.25) is 4.79 Å². The van der Waals surface area contributed by atoms with Gasteiger partial charge in [-0.15, -0.1) is 0 Å². The van der Waals surface area contributed by atoms with Crippen molar-refractivity contribution in [3.05, 3.63) is 42.5 Å². The van der Waals surface area contributed by atoms with Gasteiger partial charge in [-0.05, 0) is 22.9 Å². The van der Waals surface area contributed by atoms with E-state index in [2.05, 4.69) is 24.3 Å². The lowest BCUT2D eigenvalue weighted by molar-refractivity contribution is -0.117. The number of thioether (sulfide) groups is 1. The molecule has 0 aliphatic carbocycles. The lowest BCUT2D eigenvalue weighted by Crippen LogP contribution is -2.16. The van der Waals surface area contributed by atoms with Gasteiger partial charge >= 0.3 is 0 Å². The van der Waals surface area contributed by atoms with Gasteiger partial charge in [-0.1, -0.05) is 62.9 Å². The highest BCUT2D eigenvalue weighted by molar-refractivity contribution is 8.13. The lowest BCUT2D eigenvalue weighted by atomic mass is 10.00. The summed E-state index contributed by atoms with van der Waals surface area (Å²) in [6.07, 6.45) is 0. The maximum Gasteiger partial charge on any atom is 0.198 e. The molecule has 0 N–H and O–H groups in total. The third-order valence-electron chi connectivity index (χ3n) is 2.54. The highest BCUT2D eigenvalue weighted by atomic mass is 32.2. The molecule has 0 saturated carbocycles. The van der Waals surface area contributed by atoms with E-state index in [4.69, 9.17) is 0 Å². The van der Waals surface area contributed by atoms with E-state index in [1.807, 2.05) is 39.0 Å². The normalized spacial score (nSPS) is 11.7. The van der Waals surface area contributed by atoms with Crippen molar-refractivity contribution in [1.29, 1.82) is 0 Å². The molecule has 0 fully saturated rings. The predicted octanol–water partition coefficient (Wildman–Crippen LogP) is 4.50. The van der Waals surface area contributed by atoms with Crippen LogP contribution in [0, 0.1) is 5.41 Å². The molecule has 0 aliphatic rings. The average Bonchev–Trinajstić information content (AvgIpc) is 2.27. The Kier molecular flexibility index (Phi) is 3.25.